The van der Waals surface area contributed by atoms with Crippen LogP contribution < -0.4 is 4.74 Å². The van der Waals surface area contributed by atoms with Crippen molar-refractivity contribution in [1.29, 1.82) is 0 Å². The number of furan rings is 1. The van der Waals surface area contributed by atoms with Crippen LogP contribution in [-0.4, -0.2) is 12.4 Å². The number of ketones is 1. The van der Waals surface area contributed by atoms with Crippen LogP contribution >= 0.6 is 11.6 Å². The van der Waals surface area contributed by atoms with Crippen LogP contribution in [0.1, 0.15) is 10.6 Å². The van der Waals surface area contributed by atoms with E-state index in [2.05, 4.69) is 0 Å². The monoisotopic (exact) mass is 254 g/mol. The minimum Gasteiger partial charge on any atom is -0.484 e. The van der Waals surface area contributed by atoms with Crippen LogP contribution in [0, 0.1) is 5.82 Å². The van der Waals surface area contributed by atoms with Crippen molar-refractivity contribution in [2.45, 2.75) is 0 Å². The Morgan fingerprint density at radius 2 is 2.24 bits per heavy atom. The molecule has 1 aromatic carbocycles. The minimum absolute atomic E-state index is 0.122. The molecular formula is C12H8ClFO3. The van der Waals surface area contributed by atoms with Crippen LogP contribution in [0.5, 0.6) is 5.75 Å². The molecule has 88 valence electrons. The number of hydrogen-bond acceptors (Lipinski definition) is 3. The van der Waals surface area contributed by atoms with Gasteiger partial charge in [-0.25, -0.2) is 4.39 Å². The van der Waals surface area contributed by atoms with Crippen molar-refractivity contribution in [3.63, 3.8) is 0 Å². The Kier molecular flexibility index (Phi) is 3.44. The van der Waals surface area contributed by atoms with Gasteiger partial charge in [0.2, 0.25) is 5.78 Å². The number of rotatable bonds is 4. The lowest BCUT2D eigenvalue weighted by molar-refractivity contribution is 0.0894. The largest absolute Gasteiger partial charge is 0.484 e. The van der Waals surface area contributed by atoms with E-state index >= 15 is 0 Å². The maximum absolute atomic E-state index is 12.7. The first-order chi connectivity index (χ1) is 8.16. The smallest absolute Gasteiger partial charge is 0.235 e. The third kappa shape index (κ3) is 2.85. The first-order valence-corrected chi connectivity index (χ1v) is 5.19. The van der Waals surface area contributed by atoms with E-state index in [9.17, 15) is 9.18 Å². The molecule has 0 saturated heterocycles. The highest BCUT2D eigenvalue weighted by molar-refractivity contribution is 6.32. The normalized spacial score (nSPS) is 10.2. The molecule has 0 bridgehead atoms. The molecule has 0 spiro atoms. The lowest BCUT2D eigenvalue weighted by Crippen LogP contribution is -2.10. The number of hydrogen-bond donors (Lipinski definition) is 0. The summed E-state index contributed by atoms with van der Waals surface area (Å²) in [5, 5.41) is 0.122. The van der Waals surface area contributed by atoms with Crippen molar-refractivity contribution < 1.29 is 18.3 Å². The molecule has 0 atom stereocenters. The molecule has 17 heavy (non-hydrogen) atoms. The van der Waals surface area contributed by atoms with Crippen LogP contribution in [0.15, 0.2) is 41.0 Å². The number of benzene rings is 1. The van der Waals surface area contributed by atoms with Gasteiger partial charge in [0.05, 0.1) is 11.3 Å². The van der Waals surface area contributed by atoms with Gasteiger partial charge in [-0.3, -0.25) is 4.79 Å². The Labute approximate surface area is 102 Å². The molecule has 1 heterocycles. The van der Waals surface area contributed by atoms with Gasteiger partial charge in [-0.1, -0.05) is 11.6 Å². The molecular weight excluding hydrogens is 247 g/mol. The van der Waals surface area contributed by atoms with Crippen molar-refractivity contribution in [3.8, 4) is 5.75 Å². The van der Waals surface area contributed by atoms with Gasteiger partial charge in [0.25, 0.3) is 0 Å². The molecule has 0 radical (unpaired) electrons. The fourth-order valence-corrected chi connectivity index (χ4v) is 1.47. The van der Waals surface area contributed by atoms with Gasteiger partial charge >= 0.3 is 0 Å². The van der Waals surface area contributed by atoms with Crippen LogP contribution in [0.3, 0.4) is 0 Å². The Balaban J connectivity index is 2.01. The van der Waals surface area contributed by atoms with E-state index in [0.29, 0.717) is 0 Å². The van der Waals surface area contributed by atoms with E-state index < -0.39 is 5.82 Å². The maximum atomic E-state index is 12.7. The van der Waals surface area contributed by atoms with Gasteiger partial charge in [0.15, 0.2) is 12.4 Å². The maximum Gasteiger partial charge on any atom is 0.235 e. The van der Waals surface area contributed by atoms with Crippen LogP contribution in [0.2, 0.25) is 5.02 Å². The van der Waals surface area contributed by atoms with E-state index in [0.717, 1.165) is 6.07 Å². The van der Waals surface area contributed by atoms with Gasteiger partial charge in [0, 0.05) is 0 Å². The zero-order valence-electron chi connectivity index (χ0n) is 8.65. The number of Topliss-reactive ketones (excluding diaryl/α,β-unsaturated/α-hetero) is 1. The van der Waals surface area contributed by atoms with Crippen LogP contribution in [-0.2, 0) is 0 Å². The Morgan fingerprint density at radius 3 is 2.88 bits per heavy atom. The molecule has 0 fully saturated rings. The van der Waals surface area contributed by atoms with Gasteiger partial charge in [-0.15, -0.1) is 0 Å². The Morgan fingerprint density at radius 1 is 1.41 bits per heavy atom. The van der Waals surface area contributed by atoms with Crippen molar-refractivity contribution in [1.82, 2.24) is 0 Å². The predicted molar refractivity (Wildman–Crippen MR) is 59.9 cm³/mol. The summed E-state index contributed by atoms with van der Waals surface area (Å²) in [6.45, 7) is -0.209. The minimum atomic E-state index is -0.459. The fraction of sp³-hybridized carbons (Fsp3) is 0.0833. The topological polar surface area (TPSA) is 39.4 Å². The van der Waals surface area contributed by atoms with Gasteiger partial charge in [-0.05, 0) is 30.3 Å². The Bertz CT molecular complexity index is 523. The molecule has 2 rings (SSSR count). The molecule has 0 saturated carbocycles. The summed E-state index contributed by atoms with van der Waals surface area (Å²) >= 11 is 5.74. The quantitative estimate of drug-likeness (QED) is 0.786. The highest BCUT2D eigenvalue weighted by atomic mass is 35.5. The summed E-state index contributed by atoms with van der Waals surface area (Å²) in [5.41, 5.74) is 0. The standard InChI is InChI=1S/C12H8ClFO3/c13-9-6-8(14)3-4-11(9)17-7-10(15)12-2-1-5-16-12/h1-6H,7H2. The first kappa shape index (κ1) is 11.7. The second-order valence-corrected chi connectivity index (χ2v) is 3.67. The summed E-state index contributed by atoms with van der Waals surface area (Å²) < 4.78 is 22.8. The summed E-state index contributed by atoms with van der Waals surface area (Å²) in [4.78, 5) is 11.5. The fourth-order valence-electron chi connectivity index (χ4n) is 1.24. The van der Waals surface area contributed by atoms with Crippen LogP contribution in [0.25, 0.3) is 0 Å². The van der Waals surface area contributed by atoms with E-state index in [1.54, 1.807) is 6.07 Å². The summed E-state index contributed by atoms with van der Waals surface area (Å²) in [5.74, 6) is -0.300. The zero-order chi connectivity index (χ0) is 12.3. The van der Waals surface area contributed by atoms with Crippen molar-refractivity contribution in [2.24, 2.45) is 0 Å². The lowest BCUT2D eigenvalue weighted by Gasteiger charge is -2.06. The second-order valence-electron chi connectivity index (χ2n) is 3.26. The third-order valence-electron chi connectivity index (χ3n) is 2.05. The molecule has 0 unspecified atom stereocenters. The number of ether oxygens (including phenoxy) is 1. The number of halogens is 2. The number of carbonyl (C=O) groups is 1. The molecule has 0 aliphatic carbocycles. The van der Waals surface area contributed by atoms with Crippen molar-refractivity contribution in [3.05, 3.63) is 53.2 Å². The molecule has 0 aliphatic rings. The highest BCUT2D eigenvalue weighted by Gasteiger charge is 2.11. The molecule has 0 aliphatic heterocycles. The van der Waals surface area contributed by atoms with Crippen molar-refractivity contribution >= 4 is 17.4 Å². The van der Waals surface area contributed by atoms with Gasteiger partial charge < -0.3 is 9.15 Å². The lowest BCUT2D eigenvalue weighted by atomic mass is 10.3. The van der Waals surface area contributed by atoms with Crippen molar-refractivity contribution in [2.75, 3.05) is 6.61 Å². The summed E-state index contributed by atoms with van der Waals surface area (Å²) in [7, 11) is 0. The first-order valence-electron chi connectivity index (χ1n) is 4.81. The van der Waals surface area contributed by atoms with Gasteiger partial charge in [-0.2, -0.15) is 0 Å². The molecule has 1 aromatic heterocycles. The average Bonchev–Trinajstić information content (AvgIpc) is 2.81. The zero-order valence-corrected chi connectivity index (χ0v) is 9.41. The molecule has 0 N–H and O–H groups in total. The Hall–Kier alpha value is -1.81. The van der Waals surface area contributed by atoms with Gasteiger partial charge in [0.1, 0.15) is 11.6 Å². The van der Waals surface area contributed by atoms with E-state index in [-0.39, 0.29) is 28.9 Å². The summed E-state index contributed by atoms with van der Waals surface area (Å²) in [6, 6.07) is 6.84. The van der Waals surface area contributed by atoms with E-state index in [1.165, 1.54) is 24.5 Å². The molecule has 2 aromatic rings. The third-order valence-corrected chi connectivity index (χ3v) is 2.34. The SMILES string of the molecule is O=C(COc1ccc(F)cc1Cl)c1ccco1. The summed E-state index contributed by atoms with van der Waals surface area (Å²) in [6.07, 6.45) is 1.40. The second kappa shape index (κ2) is 5.01. The van der Waals surface area contributed by atoms with E-state index in [4.69, 9.17) is 20.8 Å². The molecule has 3 nitrogen and oxygen atoms in total. The highest BCUT2D eigenvalue weighted by Crippen LogP contribution is 2.24. The predicted octanol–water partition coefficient (Wildman–Crippen LogP) is 3.33. The van der Waals surface area contributed by atoms with E-state index in [1.807, 2.05) is 0 Å². The molecule has 5 heteroatoms. The number of carbonyl (C=O) groups excluding carboxylic acids is 1. The van der Waals surface area contributed by atoms with Crippen LogP contribution in [0.4, 0.5) is 4.39 Å². The molecule has 0 amide bonds. The average molecular weight is 255 g/mol.